The van der Waals surface area contributed by atoms with E-state index in [0.717, 1.165) is 67.1 Å². The van der Waals surface area contributed by atoms with Gasteiger partial charge in [-0.25, -0.2) is 14.0 Å². The van der Waals surface area contributed by atoms with Crippen molar-refractivity contribution in [1.29, 1.82) is 0 Å². The maximum absolute atomic E-state index is 14.5. The van der Waals surface area contributed by atoms with Gasteiger partial charge in [0.15, 0.2) is 22.8 Å². The van der Waals surface area contributed by atoms with E-state index in [4.69, 9.17) is 4.42 Å². The van der Waals surface area contributed by atoms with E-state index in [-0.39, 0.29) is 22.2 Å². The SMILES string of the molecule is COC(=O)Oc1ccc(-c2ccc(C(C)C(O)(c3ccc4oc(=O)n(C)c4c3)C(F)(F)F)c(C(F)(F)F)c2)cc1F. The summed E-state index contributed by atoms with van der Waals surface area (Å²) < 4.78 is 115. The van der Waals surface area contributed by atoms with Gasteiger partial charge in [-0.05, 0) is 52.6 Å². The molecule has 0 aliphatic heterocycles. The van der Waals surface area contributed by atoms with E-state index in [1.54, 1.807) is 0 Å². The molecule has 0 amide bonds. The first-order valence-electron chi connectivity index (χ1n) is 11.6. The number of halogens is 7. The minimum Gasteiger partial charge on any atom is -0.437 e. The number of benzene rings is 3. The Kier molecular flexibility index (Phi) is 7.41. The van der Waals surface area contributed by atoms with Crippen molar-refractivity contribution in [2.24, 2.45) is 7.05 Å². The van der Waals surface area contributed by atoms with Gasteiger partial charge >= 0.3 is 24.3 Å². The number of hydrogen-bond donors (Lipinski definition) is 1. The molecule has 0 saturated carbocycles. The molecule has 0 aliphatic rings. The van der Waals surface area contributed by atoms with E-state index in [0.29, 0.717) is 6.07 Å². The molecular formula is C27H20F7NO6. The first kappa shape index (κ1) is 29.6. The number of aromatic nitrogens is 1. The lowest BCUT2D eigenvalue weighted by Crippen LogP contribution is -2.47. The average molecular weight is 587 g/mol. The van der Waals surface area contributed by atoms with Gasteiger partial charge in [0.1, 0.15) is 0 Å². The van der Waals surface area contributed by atoms with Gasteiger partial charge in [0.2, 0.25) is 0 Å². The van der Waals surface area contributed by atoms with E-state index in [1.165, 1.54) is 7.05 Å². The number of aryl methyl sites for hydroxylation is 1. The number of methoxy groups -OCH3 is 1. The van der Waals surface area contributed by atoms with Crippen LogP contribution in [0.5, 0.6) is 5.75 Å². The molecule has 0 spiro atoms. The van der Waals surface area contributed by atoms with Crippen molar-refractivity contribution in [3.63, 3.8) is 0 Å². The van der Waals surface area contributed by atoms with Crippen molar-refractivity contribution in [3.05, 3.63) is 87.7 Å². The van der Waals surface area contributed by atoms with Crippen LogP contribution in [0.25, 0.3) is 22.2 Å². The third kappa shape index (κ3) is 5.26. The molecule has 4 rings (SSSR count). The van der Waals surface area contributed by atoms with Crippen LogP contribution in [-0.4, -0.2) is 29.1 Å². The maximum atomic E-state index is 14.5. The van der Waals surface area contributed by atoms with Crippen molar-refractivity contribution in [2.75, 3.05) is 7.11 Å². The van der Waals surface area contributed by atoms with Crippen molar-refractivity contribution in [3.8, 4) is 16.9 Å². The number of rotatable bonds is 5. The van der Waals surface area contributed by atoms with E-state index in [1.807, 2.05) is 0 Å². The molecule has 7 nitrogen and oxygen atoms in total. The molecule has 14 heteroatoms. The largest absolute Gasteiger partial charge is 0.513 e. The summed E-state index contributed by atoms with van der Waals surface area (Å²) in [6, 6.07) is 7.85. The number of oxazole rings is 1. The highest BCUT2D eigenvalue weighted by atomic mass is 19.4. The number of alkyl halides is 6. The first-order chi connectivity index (χ1) is 19.0. The molecule has 1 aromatic heterocycles. The smallest absolute Gasteiger partial charge is 0.437 e. The standard InChI is InChI=1S/C27H20F7NO6/c1-13(25(38,27(32,33)34)16-6-9-22-20(12-16)35(2)23(36)40-22)17-7-4-14(10-18(17)26(29,30)31)15-5-8-21(19(28)11-15)41-24(37)39-3/h4-13,38H,1-3H3. The minimum atomic E-state index is -5.47. The van der Waals surface area contributed by atoms with E-state index in [9.17, 15) is 45.4 Å². The van der Waals surface area contributed by atoms with Crippen molar-refractivity contribution in [1.82, 2.24) is 4.57 Å². The lowest BCUT2D eigenvalue weighted by Gasteiger charge is -2.37. The summed E-state index contributed by atoms with van der Waals surface area (Å²) in [4.78, 5) is 23.0. The predicted octanol–water partition coefficient (Wildman–Crippen LogP) is 6.66. The van der Waals surface area contributed by atoms with Gasteiger partial charge in [0.25, 0.3) is 0 Å². The Labute approximate surface area is 226 Å². The van der Waals surface area contributed by atoms with Crippen LogP contribution in [0.4, 0.5) is 35.5 Å². The normalized spacial score (nSPS) is 14.5. The Morgan fingerprint density at radius 1 is 0.976 bits per heavy atom. The third-order valence-electron chi connectivity index (χ3n) is 6.74. The first-order valence-corrected chi connectivity index (χ1v) is 11.6. The fraction of sp³-hybridized carbons (Fsp3) is 0.259. The predicted molar refractivity (Wildman–Crippen MR) is 130 cm³/mol. The molecule has 2 atom stereocenters. The molecule has 0 saturated heterocycles. The fourth-order valence-corrected chi connectivity index (χ4v) is 4.50. The van der Waals surface area contributed by atoms with Crippen LogP contribution in [0, 0.1) is 5.82 Å². The van der Waals surface area contributed by atoms with E-state index < -0.39 is 64.0 Å². The molecule has 0 bridgehead atoms. The number of ether oxygens (including phenoxy) is 2. The highest BCUT2D eigenvalue weighted by molar-refractivity contribution is 5.74. The monoisotopic (exact) mass is 587 g/mol. The zero-order valence-electron chi connectivity index (χ0n) is 21.4. The lowest BCUT2D eigenvalue weighted by molar-refractivity contribution is -0.275. The molecule has 0 aliphatic carbocycles. The second kappa shape index (κ2) is 10.3. The number of fused-ring (bicyclic) bond motifs is 1. The fourth-order valence-electron chi connectivity index (χ4n) is 4.50. The van der Waals surface area contributed by atoms with E-state index >= 15 is 0 Å². The zero-order chi connectivity index (χ0) is 30.5. The second-order valence-corrected chi connectivity index (χ2v) is 9.10. The van der Waals surface area contributed by atoms with Crippen LogP contribution in [0.1, 0.15) is 29.5 Å². The van der Waals surface area contributed by atoms with Gasteiger partial charge in [-0.3, -0.25) is 4.57 Å². The number of aliphatic hydroxyl groups is 1. The molecular weight excluding hydrogens is 567 g/mol. The van der Waals surface area contributed by atoms with Crippen LogP contribution >= 0.6 is 0 Å². The number of carbonyl (C=O) groups is 1. The van der Waals surface area contributed by atoms with Crippen LogP contribution in [-0.2, 0) is 23.6 Å². The minimum absolute atomic E-state index is 0.0889. The molecule has 41 heavy (non-hydrogen) atoms. The lowest BCUT2D eigenvalue weighted by atomic mass is 9.76. The van der Waals surface area contributed by atoms with E-state index in [2.05, 4.69) is 9.47 Å². The molecule has 218 valence electrons. The van der Waals surface area contributed by atoms with Gasteiger partial charge in [-0.2, -0.15) is 26.3 Å². The topological polar surface area (TPSA) is 90.9 Å². The summed E-state index contributed by atoms with van der Waals surface area (Å²) in [5.41, 5.74) is -7.59. The summed E-state index contributed by atoms with van der Waals surface area (Å²) in [6.45, 7) is 0.787. The van der Waals surface area contributed by atoms with Crippen LogP contribution in [0.15, 0.2) is 63.8 Å². The Hall–Kier alpha value is -4.33. The Bertz CT molecular complexity index is 1690. The third-order valence-corrected chi connectivity index (χ3v) is 6.74. The van der Waals surface area contributed by atoms with Crippen molar-refractivity contribution < 1.29 is 54.5 Å². The van der Waals surface area contributed by atoms with Crippen LogP contribution < -0.4 is 10.5 Å². The number of nitrogens with zero attached hydrogens (tertiary/aromatic N) is 1. The summed E-state index contributed by atoms with van der Waals surface area (Å²) in [6.07, 6.45) is -11.9. The molecule has 4 aromatic rings. The Morgan fingerprint density at radius 2 is 1.61 bits per heavy atom. The zero-order valence-corrected chi connectivity index (χ0v) is 21.4. The van der Waals surface area contributed by atoms with Gasteiger partial charge in [-0.15, -0.1) is 0 Å². The molecule has 1 heterocycles. The quantitative estimate of drug-likeness (QED) is 0.160. The van der Waals surface area contributed by atoms with Crippen LogP contribution in [0.3, 0.4) is 0 Å². The van der Waals surface area contributed by atoms with Gasteiger partial charge < -0.3 is 19.0 Å². The van der Waals surface area contributed by atoms with Crippen molar-refractivity contribution in [2.45, 2.75) is 30.8 Å². The van der Waals surface area contributed by atoms with Gasteiger partial charge in [-0.1, -0.05) is 31.2 Å². The molecule has 1 N–H and O–H groups in total. The van der Waals surface area contributed by atoms with Gasteiger partial charge in [0.05, 0.1) is 18.2 Å². The Morgan fingerprint density at radius 3 is 2.20 bits per heavy atom. The summed E-state index contributed by atoms with van der Waals surface area (Å²) >= 11 is 0. The second-order valence-electron chi connectivity index (χ2n) is 9.10. The van der Waals surface area contributed by atoms with Crippen LogP contribution in [0.2, 0.25) is 0 Å². The molecule has 3 aromatic carbocycles. The highest BCUT2D eigenvalue weighted by Gasteiger charge is 2.59. The molecule has 2 unspecified atom stereocenters. The number of hydrogen-bond acceptors (Lipinski definition) is 6. The van der Waals surface area contributed by atoms with Crippen molar-refractivity contribution >= 4 is 17.3 Å². The number of carbonyl (C=O) groups excluding carboxylic acids is 1. The maximum Gasteiger partial charge on any atom is 0.513 e. The van der Waals surface area contributed by atoms with Gasteiger partial charge in [0, 0.05) is 13.0 Å². The highest BCUT2D eigenvalue weighted by Crippen LogP contribution is 2.51. The summed E-state index contributed by atoms with van der Waals surface area (Å²) in [7, 11) is 2.19. The molecule has 0 radical (unpaired) electrons. The average Bonchev–Trinajstić information content (AvgIpc) is 3.19. The molecule has 0 fully saturated rings. The Balaban J connectivity index is 1.85. The summed E-state index contributed by atoms with van der Waals surface area (Å²) in [5.74, 6) is -4.79. The summed E-state index contributed by atoms with van der Waals surface area (Å²) in [5, 5.41) is 11.1.